The van der Waals surface area contributed by atoms with Crippen LogP contribution in [0.4, 0.5) is 5.69 Å². The number of ether oxygens (including phenoxy) is 1. The smallest absolute Gasteiger partial charge is 0.224 e. The van der Waals surface area contributed by atoms with Crippen molar-refractivity contribution < 1.29 is 9.53 Å². The first-order valence-corrected chi connectivity index (χ1v) is 12.3. The van der Waals surface area contributed by atoms with E-state index >= 15 is 0 Å². The van der Waals surface area contributed by atoms with Crippen LogP contribution in [0.1, 0.15) is 45.4 Å². The average molecular weight is 444 g/mol. The molecule has 3 rings (SSSR count). The van der Waals surface area contributed by atoms with Crippen LogP contribution in [0.5, 0.6) is 0 Å². The first-order valence-electron chi connectivity index (χ1n) is 12.3. The first kappa shape index (κ1) is 24.4. The van der Waals surface area contributed by atoms with E-state index in [1.165, 1.54) is 31.4 Å². The number of hydrogen-bond acceptors (Lipinski definition) is 4. The van der Waals surface area contributed by atoms with Crippen LogP contribution >= 0.6 is 0 Å². The van der Waals surface area contributed by atoms with Crippen molar-refractivity contribution in [1.29, 1.82) is 0 Å². The van der Waals surface area contributed by atoms with Gasteiger partial charge in [0.2, 0.25) is 5.91 Å². The lowest BCUT2D eigenvalue weighted by atomic mass is 9.83. The van der Waals surface area contributed by atoms with Gasteiger partial charge in [-0.15, -0.1) is 0 Å². The molecule has 0 radical (unpaired) electrons. The number of para-hydroxylation sites is 1. The van der Waals surface area contributed by atoms with Gasteiger partial charge in [-0.05, 0) is 43.7 Å². The Labute approximate surface area is 193 Å². The molecule has 0 unspecified atom stereocenters. The fourth-order valence-electron chi connectivity index (χ4n) is 4.86. The number of anilines is 1. The van der Waals surface area contributed by atoms with Crippen LogP contribution in [0.25, 0.3) is 0 Å². The van der Waals surface area contributed by atoms with Crippen LogP contribution in [-0.2, 0) is 9.53 Å². The fourth-order valence-corrected chi connectivity index (χ4v) is 4.86. The van der Waals surface area contributed by atoms with Crippen molar-refractivity contribution in [3.63, 3.8) is 0 Å². The molecule has 1 aromatic carbocycles. The molecule has 1 aliphatic heterocycles. The average Bonchev–Trinajstić information content (AvgIpc) is 3.31. The molecule has 32 heavy (non-hydrogen) atoms. The summed E-state index contributed by atoms with van der Waals surface area (Å²) in [5.74, 6) is 0.999. The predicted octanol–water partition coefficient (Wildman–Crippen LogP) is 2.88. The summed E-state index contributed by atoms with van der Waals surface area (Å²) in [6, 6.07) is 10.4. The van der Waals surface area contributed by atoms with Gasteiger partial charge in [0.15, 0.2) is 5.96 Å². The monoisotopic (exact) mass is 443 g/mol. The molecule has 0 atom stereocenters. The van der Waals surface area contributed by atoms with Crippen LogP contribution in [0.3, 0.4) is 0 Å². The Hall–Kier alpha value is -2.28. The number of carbonyl (C=O) groups excluding carboxylic acids is 1. The van der Waals surface area contributed by atoms with Gasteiger partial charge in [0.25, 0.3) is 0 Å². The minimum absolute atomic E-state index is 0.213. The SMILES string of the molecule is CCOCCC1(CNC(=NC)NCCC(=O)N2CCN(c3ccccc3)CC2)CCCC1. The molecule has 1 saturated heterocycles. The molecule has 1 heterocycles. The number of benzene rings is 1. The van der Waals surface area contributed by atoms with Gasteiger partial charge in [-0.25, -0.2) is 0 Å². The Kier molecular flexibility index (Phi) is 9.65. The third-order valence-corrected chi connectivity index (χ3v) is 6.88. The highest BCUT2D eigenvalue weighted by Crippen LogP contribution is 2.40. The summed E-state index contributed by atoms with van der Waals surface area (Å²) >= 11 is 0. The molecule has 0 aromatic heterocycles. The third kappa shape index (κ3) is 7.12. The van der Waals surface area contributed by atoms with Crippen molar-refractivity contribution in [2.45, 2.75) is 45.4 Å². The van der Waals surface area contributed by atoms with Gasteiger partial charge in [-0.1, -0.05) is 31.0 Å². The van der Waals surface area contributed by atoms with Crippen LogP contribution in [0.2, 0.25) is 0 Å². The van der Waals surface area contributed by atoms with Gasteiger partial charge >= 0.3 is 0 Å². The summed E-state index contributed by atoms with van der Waals surface area (Å²) in [5, 5.41) is 6.84. The van der Waals surface area contributed by atoms with Gasteiger partial charge in [0, 0.05) is 71.6 Å². The van der Waals surface area contributed by atoms with E-state index in [1.807, 2.05) is 11.0 Å². The zero-order valence-corrected chi connectivity index (χ0v) is 19.9. The van der Waals surface area contributed by atoms with E-state index in [0.29, 0.717) is 18.4 Å². The van der Waals surface area contributed by atoms with Crippen molar-refractivity contribution in [1.82, 2.24) is 15.5 Å². The lowest BCUT2D eigenvalue weighted by Crippen LogP contribution is -2.49. The summed E-state index contributed by atoms with van der Waals surface area (Å²) in [5.41, 5.74) is 1.54. The number of rotatable bonds is 10. The molecule has 1 amide bonds. The molecule has 0 spiro atoms. The summed E-state index contributed by atoms with van der Waals surface area (Å²) in [6.07, 6.45) is 6.67. The summed E-state index contributed by atoms with van der Waals surface area (Å²) in [6.45, 7) is 8.51. The van der Waals surface area contributed by atoms with Crippen molar-refractivity contribution in [3.05, 3.63) is 30.3 Å². The number of aliphatic imine (C=N–C) groups is 1. The zero-order valence-electron chi connectivity index (χ0n) is 19.9. The molecule has 2 aliphatic rings. The van der Waals surface area contributed by atoms with E-state index in [2.05, 4.69) is 51.7 Å². The van der Waals surface area contributed by atoms with Gasteiger partial charge in [0.05, 0.1) is 0 Å². The van der Waals surface area contributed by atoms with Crippen LogP contribution in [0, 0.1) is 5.41 Å². The number of amides is 1. The summed E-state index contributed by atoms with van der Waals surface area (Å²) in [4.78, 5) is 21.4. The highest BCUT2D eigenvalue weighted by atomic mass is 16.5. The molecule has 178 valence electrons. The zero-order chi connectivity index (χ0) is 22.7. The number of nitrogens with one attached hydrogen (secondary N) is 2. The molecular formula is C25H41N5O2. The molecule has 1 aliphatic carbocycles. The number of piperazine rings is 1. The Morgan fingerprint density at radius 2 is 1.81 bits per heavy atom. The second-order valence-electron chi connectivity index (χ2n) is 8.96. The molecule has 1 saturated carbocycles. The third-order valence-electron chi connectivity index (χ3n) is 6.88. The maximum absolute atomic E-state index is 12.7. The Morgan fingerprint density at radius 1 is 1.09 bits per heavy atom. The largest absolute Gasteiger partial charge is 0.382 e. The normalized spacial score (nSPS) is 18.6. The lowest BCUT2D eigenvalue weighted by molar-refractivity contribution is -0.131. The minimum atomic E-state index is 0.213. The molecule has 2 fully saturated rings. The van der Waals surface area contributed by atoms with E-state index in [-0.39, 0.29) is 5.91 Å². The van der Waals surface area contributed by atoms with Gasteiger partial charge in [0.1, 0.15) is 0 Å². The highest BCUT2D eigenvalue weighted by molar-refractivity contribution is 5.81. The fraction of sp³-hybridized carbons (Fsp3) is 0.680. The van der Waals surface area contributed by atoms with E-state index in [4.69, 9.17) is 4.74 Å². The van der Waals surface area contributed by atoms with E-state index in [0.717, 1.165) is 58.3 Å². The minimum Gasteiger partial charge on any atom is -0.382 e. The van der Waals surface area contributed by atoms with Crippen molar-refractivity contribution in [3.8, 4) is 0 Å². The van der Waals surface area contributed by atoms with Crippen molar-refractivity contribution in [2.75, 3.05) is 64.4 Å². The van der Waals surface area contributed by atoms with Crippen LogP contribution in [0.15, 0.2) is 35.3 Å². The van der Waals surface area contributed by atoms with E-state index in [1.54, 1.807) is 7.05 Å². The van der Waals surface area contributed by atoms with Gasteiger partial charge < -0.3 is 25.2 Å². The molecular weight excluding hydrogens is 402 g/mol. The Bertz CT molecular complexity index is 710. The molecule has 7 heteroatoms. The van der Waals surface area contributed by atoms with Crippen LogP contribution < -0.4 is 15.5 Å². The summed E-state index contributed by atoms with van der Waals surface area (Å²) < 4.78 is 5.62. The van der Waals surface area contributed by atoms with E-state index < -0.39 is 0 Å². The maximum Gasteiger partial charge on any atom is 0.224 e. The summed E-state index contributed by atoms with van der Waals surface area (Å²) in [7, 11) is 1.79. The predicted molar refractivity (Wildman–Crippen MR) is 131 cm³/mol. The van der Waals surface area contributed by atoms with Crippen molar-refractivity contribution >= 4 is 17.6 Å². The highest BCUT2D eigenvalue weighted by Gasteiger charge is 2.33. The second kappa shape index (κ2) is 12.7. The lowest BCUT2D eigenvalue weighted by Gasteiger charge is -2.36. The number of carbonyl (C=O) groups is 1. The maximum atomic E-state index is 12.7. The topological polar surface area (TPSA) is 69.2 Å². The van der Waals surface area contributed by atoms with Gasteiger partial charge in [-0.3, -0.25) is 9.79 Å². The molecule has 7 nitrogen and oxygen atoms in total. The molecule has 1 aromatic rings. The van der Waals surface area contributed by atoms with Gasteiger partial charge in [-0.2, -0.15) is 0 Å². The molecule has 2 N–H and O–H groups in total. The Balaban J connectivity index is 1.36. The Morgan fingerprint density at radius 3 is 2.47 bits per heavy atom. The van der Waals surface area contributed by atoms with E-state index in [9.17, 15) is 4.79 Å². The number of nitrogens with zero attached hydrogens (tertiary/aromatic N) is 3. The second-order valence-corrected chi connectivity index (χ2v) is 8.96. The number of guanidine groups is 1. The molecule has 0 bridgehead atoms. The van der Waals surface area contributed by atoms with Crippen molar-refractivity contribution in [2.24, 2.45) is 10.4 Å². The first-order chi connectivity index (χ1) is 15.7. The standard InChI is InChI=1S/C25H41N5O2/c1-3-32-20-14-25(12-7-8-13-25)21-28-24(26-2)27-15-11-23(31)30-18-16-29(17-19-30)22-9-5-4-6-10-22/h4-6,9-10H,3,7-8,11-21H2,1-2H3,(H2,26,27,28). The number of hydrogen-bond donors (Lipinski definition) is 2. The van der Waals surface area contributed by atoms with Crippen LogP contribution in [-0.4, -0.2) is 76.3 Å². The quantitative estimate of drug-likeness (QED) is 0.331.